The van der Waals surface area contributed by atoms with Gasteiger partial charge in [0.25, 0.3) is 7.82 Å². The van der Waals surface area contributed by atoms with Gasteiger partial charge < -0.3 is 27.9 Å². The van der Waals surface area contributed by atoms with Gasteiger partial charge in [0.1, 0.15) is 19.8 Å². The summed E-state index contributed by atoms with van der Waals surface area (Å²) in [7, 11) is 1.10. The molecule has 0 spiro atoms. The summed E-state index contributed by atoms with van der Waals surface area (Å²) in [6.45, 7) is 3.82. The molecule has 9 nitrogen and oxygen atoms in total. The lowest BCUT2D eigenvalue weighted by Gasteiger charge is -2.28. The van der Waals surface area contributed by atoms with E-state index in [2.05, 4.69) is 44.2 Å². The van der Waals surface area contributed by atoms with Crippen molar-refractivity contribution < 1.29 is 42.1 Å². The van der Waals surface area contributed by atoms with Crippen LogP contribution in [0.4, 0.5) is 0 Å². The van der Waals surface area contributed by atoms with Crippen molar-refractivity contribution >= 4 is 19.8 Å². The topological polar surface area (TPSA) is 111 Å². The van der Waals surface area contributed by atoms with Gasteiger partial charge in [0.05, 0.1) is 27.7 Å². The second kappa shape index (κ2) is 33.7. The lowest BCUT2D eigenvalue weighted by atomic mass is 10.1. The molecule has 0 saturated carbocycles. The van der Waals surface area contributed by atoms with Gasteiger partial charge in [0.2, 0.25) is 0 Å². The molecular weight excluding hydrogens is 677 g/mol. The van der Waals surface area contributed by atoms with E-state index in [1.54, 1.807) is 0 Å². The number of allylic oxidation sites excluding steroid dienone is 16. The number of likely N-dealkylation sites (N-methyl/N-ethyl adjacent to an activating group) is 1. The second-order valence-electron chi connectivity index (χ2n) is 13.4. The van der Waals surface area contributed by atoms with E-state index in [4.69, 9.17) is 18.5 Å². The standard InChI is InChI=1S/C42H68NO8P/c1-6-8-10-12-14-16-18-20-21-23-24-26-28-30-32-34-41(44)48-38-40(39-50-52(46,47)49-37-36-43(3,4)5)51-42(45)35-33-31-29-27-25-22-19-17-15-13-11-9-7-2/h8-21,23-24,40H,6-7,22,25-39H2,1-5H3/b10-8+,11-9+,14-12+,15-13+,18-16+,19-17+,21-20+,24-23+. The van der Waals surface area contributed by atoms with E-state index in [0.717, 1.165) is 64.2 Å². The number of ether oxygens (including phenoxy) is 2. The van der Waals surface area contributed by atoms with Crippen molar-refractivity contribution in [3.8, 4) is 0 Å². The largest absolute Gasteiger partial charge is 0.756 e. The number of carbonyl (C=O) groups is 2. The summed E-state index contributed by atoms with van der Waals surface area (Å²) in [6.07, 6.45) is 43.0. The van der Waals surface area contributed by atoms with E-state index in [9.17, 15) is 19.0 Å². The summed E-state index contributed by atoms with van der Waals surface area (Å²) >= 11 is 0. The van der Waals surface area contributed by atoms with Crippen molar-refractivity contribution in [3.05, 3.63) is 97.2 Å². The third-order valence-electron chi connectivity index (χ3n) is 7.29. The van der Waals surface area contributed by atoms with Gasteiger partial charge in [0, 0.05) is 12.8 Å². The van der Waals surface area contributed by atoms with Gasteiger partial charge in [-0.2, -0.15) is 0 Å². The number of quaternary nitrogens is 1. The molecule has 52 heavy (non-hydrogen) atoms. The number of phosphoric acid groups is 1. The molecule has 2 unspecified atom stereocenters. The summed E-state index contributed by atoms with van der Waals surface area (Å²) in [4.78, 5) is 37.3. The minimum absolute atomic E-state index is 0.0488. The van der Waals surface area contributed by atoms with Gasteiger partial charge in [-0.25, -0.2) is 0 Å². The SMILES string of the molecule is CC/C=C/C=C/C=C/C=C/C=C/CCCCCC(=O)OCC(COP(=O)([O-])OCC[N+](C)(C)C)OC(=O)CCCCCCC/C=C/C=C/C=C/CC. The van der Waals surface area contributed by atoms with Crippen LogP contribution in [0.1, 0.15) is 104 Å². The van der Waals surface area contributed by atoms with Crippen LogP contribution in [0.3, 0.4) is 0 Å². The van der Waals surface area contributed by atoms with Crippen molar-refractivity contribution in [1.29, 1.82) is 0 Å². The molecule has 0 aliphatic carbocycles. The molecule has 0 aliphatic heterocycles. The van der Waals surface area contributed by atoms with E-state index in [1.165, 1.54) is 0 Å². The molecule has 0 saturated heterocycles. The van der Waals surface area contributed by atoms with Crippen LogP contribution in [0, 0.1) is 0 Å². The summed E-state index contributed by atoms with van der Waals surface area (Å²) in [5.41, 5.74) is 0. The molecule has 0 N–H and O–H groups in total. The van der Waals surface area contributed by atoms with Gasteiger partial charge in [-0.1, -0.05) is 137 Å². The number of rotatable bonds is 32. The molecular formula is C42H68NO8P. The van der Waals surface area contributed by atoms with Crippen LogP contribution < -0.4 is 4.89 Å². The monoisotopic (exact) mass is 745 g/mol. The molecule has 0 rings (SSSR count). The maximum absolute atomic E-state index is 12.6. The molecule has 0 bridgehead atoms. The Morgan fingerprint density at radius 2 is 1.04 bits per heavy atom. The van der Waals surface area contributed by atoms with E-state index >= 15 is 0 Å². The lowest BCUT2D eigenvalue weighted by Crippen LogP contribution is -2.37. The molecule has 0 fully saturated rings. The van der Waals surface area contributed by atoms with Crippen molar-refractivity contribution in [3.63, 3.8) is 0 Å². The Morgan fingerprint density at radius 3 is 1.56 bits per heavy atom. The highest BCUT2D eigenvalue weighted by molar-refractivity contribution is 7.45. The van der Waals surface area contributed by atoms with Crippen molar-refractivity contribution in [2.45, 2.75) is 110 Å². The molecule has 0 aromatic carbocycles. The zero-order valence-electron chi connectivity index (χ0n) is 32.7. The Balaban J connectivity index is 4.59. The average Bonchev–Trinajstić information content (AvgIpc) is 3.09. The van der Waals surface area contributed by atoms with Crippen LogP contribution in [0.5, 0.6) is 0 Å². The maximum Gasteiger partial charge on any atom is 0.306 e. The molecule has 0 radical (unpaired) electrons. The molecule has 2 atom stereocenters. The third kappa shape index (κ3) is 36.7. The molecule has 0 aromatic rings. The number of nitrogens with zero attached hydrogens (tertiary/aromatic N) is 1. The van der Waals surface area contributed by atoms with Crippen molar-refractivity contribution in [1.82, 2.24) is 0 Å². The summed E-state index contributed by atoms with van der Waals surface area (Å²) in [6, 6.07) is 0. The first-order valence-electron chi connectivity index (χ1n) is 19.0. The number of hydrogen-bond acceptors (Lipinski definition) is 8. The van der Waals surface area contributed by atoms with Crippen LogP contribution in [0.15, 0.2) is 97.2 Å². The van der Waals surface area contributed by atoms with Crippen molar-refractivity contribution in [2.24, 2.45) is 0 Å². The molecule has 294 valence electrons. The number of carbonyl (C=O) groups excluding carboxylic acids is 2. The molecule has 0 aliphatic rings. The first kappa shape index (κ1) is 48.9. The van der Waals surface area contributed by atoms with Gasteiger partial charge in [-0.3, -0.25) is 14.2 Å². The van der Waals surface area contributed by atoms with Crippen LogP contribution in [-0.2, 0) is 32.7 Å². The zero-order chi connectivity index (χ0) is 38.6. The average molecular weight is 746 g/mol. The second-order valence-corrected chi connectivity index (χ2v) is 14.8. The Hall–Kier alpha value is -3.07. The molecule has 10 heteroatoms. The molecule has 0 heterocycles. The highest BCUT2D eigenvalue weighted by atomic mass is 31.2. The molecule has 0 amide bonds. The quantitative estimate of drug-likeness (QED) is 0.0220. The summed E-state index contributed by atoms with van der Waals surface area (Å²) in [5.74, 6) is -0.923. The predicted octanol–water partition coefficient (Wildman–Crippen LogP) is 9.60. The van der Waals surface area contributed by atoms with Crippen LogP contribution in [0.25, 0.3) is 0 Å². The normalized spacial score (nSPS) is 14.8. The smallest absolute Gasteiger partial charge is 0.306 e. The fraction of sp³-hybridized carbons (Fsp3) is 0.571. The number of esters is 2. The molecule has 0 aromatic heterocycles. The fourth-order valence-electron chi connectivity index (χ4n) is 4.32. The minimum Gasteiger partial charge on any atom is -0.756 e. The predicted molar refractivity (Wildman–Crippen MR) is 212 cm³/mol. The lowest BCUT2D eigenvalue weighted by molar-refractivity contribution is -0.870. The number of unbranched alkanes of at least 4 members (excludes halogenated alkanes) is 8. The summed E-state index contributed by atoms with van der Waals surface area (Å²) in [5, 5.41) is 0. The summed E-state index contributed by atoms with van der Waals surface area (Å²) < 4.78 is 33.7. The third-order valence-corrected chi connectivity index (χ3v) is 8.25. The Morgan fingerprint density at radius 1 is 0.596 bits per heavy atom. The van der Waals surface area contributed by atoms with Gasteiger partial charge in [-0.15, -0.1) is 0 Å². The van der Waals surface area contributed by atoms with Crippen LogP contribution >= 0.6 is 7.82 Å². The maximum atomic E-state index is 12.6. The van der Waals surface area contributed by atoms with Gasteiger partial charge in [0.15, 0.2) is 6.10 Å². The van der Waals surface area contributed by atoms with E-state index < -0.39 is 32.5 Å². The van der Waals surface area contributed by atoms with E-state index in [1.807, 2.05) is 88.0 Å². The fourth-order valence-corrected chi connectivity index (χ4v) is 5.05. The number of phosphoric ester groups is 1. The first-order valence-corrected chi connectivity index (χ1v) is 20.5. The minimum atomic E-state index is -4.64. The Labute approximate surface area is 315 Å². The highest BCUT2D eigenvalue weighted by Gasteiger charge is 2.21. The van der Waals surface area contributed by atoms with E-state index in [-0.39, 0.29) is 26.1 Å². The Bertz CT molecular complexity index is 1210. The van der Waals surface area contributed by atoms with Crippen LogP contribution in [0.2, 0.25) is 0 Å². The van der Waals surface area contributed by atoms with Crippen molar-refractivity contribution in [2.75, 3.05) is 47.5 Å². The van der Waals surface area contributed by atoms with Gasteiger partial charge in [-0.05, 0) is 51.4 Å². The van der Waals surface area contributed by atoms with Gasteiger partial charge >= 0.3 is 11.9 Å². The zero-order valence-corrected chi connectivity index (χ0v) is 33.6. The first-order chi connectivity index (χ1) is 25.0. The highest BCUT2D eigenvalue weighted by Crippen LogP contribution is 2.38. The van der Waals surface area contributed by atoms with E-state index in [0.29, 0.717) is 23.9 Å². The number of hydrogen-bond donors (Lipinski definition) is 0. The van der Waals surface area contributed by atoms with Crippen LogP contribution in [-0.4, -0.2) is 70.0 Å². The Kier molecular flexibility index (Phi) is 31.8.